The topological polar surface area (TPSA) is 78.4 Å². The van der Waals surface area contributed by atoms with E-state index in [1.807, 2.05) is 38.1 Å². The Hall–Kier alpha value is -1.88. The molecule has 0 saturated heterocycles. The van der Waals surface area contributed by atoms with E-state index in [1.54, 1.807) is 0 Å². The van der Waals surface area contributed by atoms with E-state index in [2.05, 4.69) is 10.6 Å². The van der Waals surface area contributed by atoms with E-state index in [1.165, 1.54) is 0 Å². The van der Waals surface area contributed by atoms with E-state index in [-0.39, 0.29) is 17.7 Å². The van der Waals surface area contributed by atoms with Crippen molar-refractivity contribution >= 4 is 11.9 Å². The third kappa shape index (κ3) is 3.82. The fourth-order valence-corrected chi connectivity index (χ4v) is 2.70. The van der Waals surface area contributed by atoms with Gasteiger partial charge in [-0.05, 0) is 23.5 Å². The number of nitrogens with one attached hydrogen (secondary N) is 2. The van der Waals surface area contributed by atoms with Crippen LogP contribution in [0.5, 0.6) is 0 Å². The normalized spacial score (nSPS) is 18.9. The average Bonchev–Trinajstić information content (AvgIpc) is 2.45. The third-order valence-corrected chi connectivity index (χ3v) is 3.73. The molecule has 1 aliphatic heterocycles. The van der Waals surface area contributed by atoms with Crippen LogP contribution in [0.15, 0.2) is 24.3 Å². The van der Waals surface area contributed by atoms with Gasteiger partial charge in [0.1, 0.15) is 6.04 Å². The van der Waals surface area contributed by atoms with Gasteiger partial charge in [0.05, 0.1) is 5.92 Å². The monoisotopic (exact) mass is 290 g/mol. The number of aliphatic carboxylic acids is 1. The standard InChI is InChI=1S/C16H22N2O3/c1-10(2)7-14(16(20)21)18-15(19)13-9-17-8-11-5-3-4-6-12(11)13/h3-6,10,13-14,17H,7-9H2,1-2H3,(H,18,19)(H,20,21)/t13?,14-/m0/s1. The summed E-state index contributed by atoms with van der Waals surface area (Å²) in [6.07, 6.45) is 0.433. The van der Waals surface area contributed by atoms with E-state index in [4.69, 9.17) is 0 Å². The number of benzene rings is 1. The molecule has 2 atom stereocenters. The largest absolute Gasteiger partial charge is 0.480 e. The predicted molar refractivity (Wildman–Crippen MR) is 79.9 cm³/mol. The van der Waals surface area contributed by atoms with Crippen molar-refractivity contribution in [3.63, 3.8) is 0 Å². The lowest BCUT2D eigenvalue weighted by Gasteiger charge is -2.27. The van der Waals surface area contributed by atoms with Crippen molar-refractivity contribution in [3.05, 3.63) is 35.4 Å². The second-order valence-corrected chi connectivity index (χ2v) is 5.91. The SMILES string of the molecule is CC(C)C[C@H](NC(=O)C1CNCc2ccccc21)C(=O)O. The van der Waals surface area contributed by atoms with Crippen LogP contribution < -0.4 is 10.6 Å². The summed E-state index contributed by atoms with van der Waals surface area (Å²) in [5.74, 6) is -1.32. The molecule has 0 fully saturated rings. The van der Waals surface area contributed by atoms with Crippen LogP contribution in [0.1, 0.15) is 37.3 Å². The molecule has 0 radical (unpaired) electrons. The first-order valence-electron chi connectivity index (χ1n) is 7.30. The summed E-state index contributed by atoms with van der Waals surface area (Å²) in [5.41, 5.74) is 2.09. The van der Waals surface area contributed by atoms with Crippen molar-refractivity contribution in [1.82, 2.24) is 10.6 Å². The summed E-state index contributed by atoms with van der Waals surface area (Å²) in [6, 6.07) is 6.96. The summed E-state index contributed by atoms with van der Waals surface area (Å²) >= 11 is 0. The first-order chi connectivity index (χ1) is 9.99. The predicted octanol–water partition coefficient (Wildman–Crippen LogP) is 1.49. The van der Waals surface area contributed by atoms with E-state index < -0.39 is 12.0 Å². The minimum absolute atomic E-state index is 0.211. The minimum atomic E-state index is -0.978. The molecule has 5 nitrogen and oxygen atoms in total. The summed E-state index contributed by atoms with van der Waals surface area (Å²) in [7, 11) is 0. The van der Waals surface area contributed by atoms with Crippen molar-refractivity contribution < 1.29 is 14.7 Å². The highest BCUT2D eigenvalue weighted by Crippen LogP contribution is 2.24. The molecule has 5 heteroatoms. The lowest BCUT2D eigenvalue weighted by atomic mass is 9.90. The van der Waals surface area contributed by atoms with Gasteiger partial charge in [0.15, 0.2) is 0 Å². The van der Waals surface area contributed by atoms with Crippen molar-refractivity contribution in [3.8, 4) is 0 Å². The summed E-state index contributed by atoms with van der Waals surface area (Å²) in [6.45, 7) is 5.17. The molecule has 0 saturated carbocycles. The zero-order valence-electron chi connectivity index (χ0n) is 12.4. The maximum Gasteiger partial charge on any atom is 0.326 e. The van der Waals surface area contributed by atoms with Gasteiger partial charge in [-0.15, -0.1) is 0 Å². The van der Waals surface area contributed by atoms with E-state index in [0.29, 0.717) is 13.0 Å². The van der Waals surface area contributed by atoms with Gasteiger partial charge in [0, 0.05) is 13.1 Å². The molecular formula is C16H22N2O3. The van der Waals surface area contributed by atoms with Crippen LogP contribution in [0, 0.1) is 5.92 Å². The molecular weight excluding hydrogens is 268 g/mol. The van der Waals surface area contributed by atoms with Crippen LogP contribution in [0.4, 0.5) is 0 Å². The Morgan fingerprint density at radius 3 is 2.76 bits per heavy atom. The molecule has 1 aromatic rings. The van der Waals surface area contributed by atoms with Crippen LogP contribution in [0.25, 0.3) is 0 Å². The van der Waals surface area contributed by atoms with Crippen molar-refractivity contribution in [2.45, 2.75) is 38.8 Å². The molecule has 1 amide bonds. The number of hydrogen-bond acceptors (Lipinski definition) is 3. The molecule has 114 valence electrons. The zero-order valence-corrected chi connectivity index (χ0v) is 12.4. The van der Waals surface area contributed by atoms with Gasteiger partial charge in [0.25, 0.3) is 0 Å². The second kappa shape index (κ2) is 6.72. The van der Waals surface area contributed by atoms with Crippen molar-refractivity contribution in [2.75, 3.05) is 6.54 Å². The lowest BCUT2D eigenvalue weighted by molar-refractivity contribution is -0.142. The molecule has 0 aromatic heterocycles. The molecule has 21 heavy (non-hydrogen) atoms. The highest BCUT2D eigenvalue weighted by molar-refractivity contribution is 5.88. The Kier molecular flexibility index (Phi) is 4.96. The Morgan fingerprint density at radius 2 is 2.10 bits per heavy atom. The second-order valence-electron chi connectivity index (χ2n) is 5.91. The fraction of sp³-hybridized carbons (Fsp3) is 0.500. The number of fused-ring (bicyclic) bond motifs is 1. The van der Waals surface area contributed by atoms with Crippen molar-refractivity contribution in [1.29, 1.82) is 0 Å². The zero-order chi connectivity index (χ0) is 15.4. The molecule has 0 spiro atoms. The maximum atomic E-state index is 12.4. The molecule has 1 aliphatic rings. The van der Waals surface area contributed by atoms with Crippen LogP contribution in [-0.4, -0.2) is 29.6 Å². The smallest absolute Gasteiger partial charge is 0.326 e. The Balaban J connectivity index is 2.12. The number of amides is 1. The molecule has 0 aliphatic carbocycles. The van der Waals surface area contributed by atoms with Crippen molar-refractivity contribution in [2.24, 2.45) is 5.92 Å². The summed E-state index contributed by atoms with van der Waals surface area (Å²) in [5, 5.41) is 15.1. The van der Waals surface area contributed by atoms with Crippen LogP contribution in [-0.2, 0) is 16.1 Å². The molecule has 1 heterocycles. The fourth-order valence-electron chi connectivity index (χ4n) is 2.70. The summed E-state index contributed by atoms with van der Waals surface area (Å²) < 4.78 is 0. The third-order valence-electron chi connectivity index (χ3n) is 3.73. The van der Waals surface area contributed by atoms with Gasteiger partial charge in [-0.25, -0.2) is 4.79 Å². The van der Waals surface area contributed by atoms with Crippen LogP contribution >= 0.6 is 0 Å². The number of carbonyl (C=O) groups excluding carboxylic acids is 1. The highest BCUT2D eigenvalue weighted by atomic mass is 16.4. The Bertz CT molecular complexity index is 528. The van der Waals surface area contributed by atoms with Gasteiger partial charge < -0.3 is 15.7 Å². The van der Waals surface area contributed by atoms with E-state index >= 15 is 0 Å². The van der Waals surface area contributed by atoms with Gasteiger partial charge in [-0.2, -0.15) is 0 Å². The average molecular weight is 290 g/mol. The molecule has 1 unspecified atom stereocenters. The Morgan fingerprint density at radius 1 is 1.38 bits per heavy atom. The molecule has 3 N–H and O–H groups in total. The van der Waals surface area contributed by atoms with Gasteiger partial charge >= 0.3 is 5.97 Å². The summed E-state index contributed by atoms with van der Waals surface area (Å²) in [4.78, 5) is 23.7. The van der Waals surface area contributed by atoms with Gasteiger partial charge in [0.2, 0.25) is 5.91 Å². The molecule has 2 rings (SSSR count). The lowest BCUT2D eigenvalue weighted by Crippen LogP contribution is -2.46. The minimum Gasteiger partial charge on any atom is -0.480 e. The van der Waals surface area contributed by atoms with E-state index in [0.717, 1.165) is 17.7 Å². The van der Waals surface area contributed by atoms with Gasteiger partial charge in [-0.3, -0.25) is 4.79 Å². The first kappa shape index (κ1) is 15.5. The van der Waals surface area contributed by atoms with Crippen LogP contribution in [0.2, 0.25) is 0 Å². The molecule has 0 bridgehead atoms. The highest BCUT2D eigenvalue weighted by Gasteiger charge is 2.29. The number of carbonyl (C=O) groups is 2. The number of carboxylic acid groups (broad SMARTS) is 1. The van der Waals surface area contributed by atoms with Gasteiger partial charge in [-0.1, -0.05) is 38.1 Å². The Labute approximate surface area is 124 Å². The quantitative estimate of drug-likeness (QED) is 0.767. The number of hydrogen-bond donors (Lipinski definition) is 3. The van der Waals surface area contributed by atoms with E-state index in [9.17, 15) is 14.7 Å². The maximum absolute atomic E-state index is 12.4. The first-order valence-corrected chi connectivity index (χ1v) is 7.30. The van der Waals surface area contributed by atoms with Crippen LogP contribution in [0.3, 0.4) is 0 Å². The molecule has 1 aromatic carbocycles. The number of rotatable bonds is 5. The number of carboxylic acids is 1.